The van der Waals surface area contributed by atoms with E-state index in [2.05, 4.69) is 4.90 Å². The number of nitrogens with zero attached hydrogens (tertiary/aromatic N) is 1. The number of benzene rings is 1. The number of carboxylic acids is 1. The zero-order valence-electron chi connectivity index (χ0n) is 11.2. The Balaban J connectivity index is 1.84. The van der Waals surface area contributed by atoms with Gasteiger partial charge in [0.1, 0.15) is 5.82 Å². The van der Waals surface area contributed by atoms with Crippen LogP contribution in [0.2, 0.25) is 0 Å². The first-order valence-electron chi connectivity index (χ1n) is 6.74. The van der Waals surface area contributed by atoms with Gasteiger partial charge in [-0.05, 0) is 49.4 Å². The first-order valence-corrected chi connectivity index (χ1v) is 6.74. The number of rotatable bonds is 5. The summed E-state index contributed by atoms with van der Waals surface area (Å²) in [6, 6.07) is 5.37. The van der Waals surface area contributed by atoms with E-state index in [0.29, 0.717) is 11.5 Å². The smallest absolute Gasteiger partial charge is 0.303 e. The van der Waals surface area contributed by atoms with Gasteiger partial charge >= 0.3 is 5.97 Å². The van der Waals surface area contributed by atoms with Crippen molar-refractivity contribution >= 4 is 5.97 Å². The largest absolute Gasteiger partial charge is 0.481 e. The number of hydrogen-bond acceptors (Lipinski definition) is 2. The van der Waals surface area contributed by atoms with Gasteiger partial charge in [-0.25, -0.2) is 4.39 Å². The second-order valence-corrected chi connectivity index (χ2v) is 5.41. The lowest BCUT2D eigenvalue weighted by Crippen LogP contribution is -2.20. The fourth-order valence-electron chi connectivity index (χ4n) is 2.61. The highest BCUT2D eigenvalue weighted by Crippen LogP contribution is 2.23. The zero-order valence-corrected chi connectivity index (χ0v) is 11.2. The molecule has 1 aliphatic rings. The summed E-state index contributed by atoms with van der Waals surface area (Å²) in [5, 5.41) is 8.68. The molecule has 1 atom stereocenters. The fraction of sp³-hybridized carbons (Fsp3) is 0.533. The molecule has 1 aromatic rings. The van der Waals surface area contributed by atoms with E-state index < -0.39 is 5.97 Å². The number of carbonyl (C=O) groups is 1. The van der Waals surface area contributed by atoms with E-state index in [4.69, 9.17) is 5.11 Å². The maximum atomic E-state index is 13.5. The van der Waals surface area contributed by atoms with Gasteiger partial charge in [-0.1, -0.05) is 12.1 Å². The average molecular weight is 265 g/mol. The predicted molar refractivity (Wildman–Crippen MR) is 71.4 cm³/mol. The highest BCUT2D eigenvalue weighted by Gasteiger charge is 2.22. The second kappa shape index (κ2) is 6.15. The van der Waals surface area contributed by atoms with Crippen molar-refractivity contribution in [2.75, 3.05) is 13.1 Å². The molecule has 0 spiro atoms. The molecule has 1 saturated heterocycles. The molecule has 0 amide bonds. The van der Waals surface area contributed by atoms with Crippen LogP contribution < -0.4 is 0 Å². The summed E-state index contributed by atoms with van der Waals surface area (Å²) < 4.78 is 13.5. The van der Waals surface area contributed by atoms with E-state index in [1.807, 2.05) is 12.1 Å². The summed E-state index contributed by atoms with van der Waals surface area (Å²) in [4.78, 5) is 12.8. The van der Waals surface area contributed by atoms with Crippen molar-refractivity contribution in [1.29, 1.82) is 0 Å². The minimum Gasteiger partial charge on any atom is -0.481 e. The molecule has 0 saturated carbocycles. The summed E-state index contributed by atoms with van der Waals surface area (Å²) in [6.45, 7) is 4.40. The zero-order chi connectivity index (χ0) is 13.8. The van der Waals surface area contributed by atoms with E-state index >= 15 is 0 Å². The third kappa shape index (κ3) is 4.03. The Kier molecular flexibility index (Phi) is 4.53. The van der Waals surface area contributed by atoms with Crippen LogP contribution in [0.5, 0.6) is 0 Å². The molecule has 0 aromatic heterocycles. The molecule has 19 heavy (non-hydrogen) atoms. The Hall–Kier alpha value is -1.42. The van der Waals surface area contributed by atoms with Crippen LogP contribution in [-0.4, -0.2) is 29.1 Å². The summed E-state index contributed by atoms with van der Waals surface area (Å²) in [5.74, 6) is -0.412. The fourth-order valence-corrected chi connectivity index (χ4v) is 2.61. The van der Waals surface area contributed by atoms with E-state index in [0.717, 1.165) is 38.0 Å². The van der Waals surface area contributed by atoms with Crippen LogP contribution in [0.3, 0.4) is 0 Å². The van der Waals surface area contributed by atoms with E-state index in [1.165, 1.54) is 0 Å². The summed E-state index contributed by atoms with van der Waals surface area (Å²) in [6.07, 6.45) is 2.04. The molecule has 1 aliphatic heterocycles. The SMILES string of the molecule is Cc1ccc(CN2CCC(CCC(=O)O)C2)cc1F. The first-order chi connectivity index (χ1) is 9.04. The molecule has 3 nitrogen and oxygen atoms in total. The average Bonchev–Trinajstić information content (AvgIpc) is 2.79. The van der Waals surface area contributed by atoms with Crippen molar-refractivity contribution in [3.8, 4) is 0 Å². The Labute approximate surface area is 113 Å². The molecule has 1 fully saturated rings. The highest BCUT2D eigenvalue weighted by molar-refractivity contribution is 5.66. The standard InChI is InChI=1S/C15H20FNO2/c1-11-2-3-13(8-14(11)16)10-17-7-6-12(9-17)4-5-15(18)19/h2-3,8,12H,4-7,9-10H2,1H3,(H,18,19). The molecule has 0 bridgehead atoms. The third-order valence-corrected chi connectivity index (χ3v) is 3.78. The lowest BCUT2D eigenvalue weighted by Gasteiger charge is -2.16. The second-order valence-electron chi connectivity index (χ2n) is 5.41. The number of aliphatic carboxylic acids is 1. The molecule has 1 aromatic carbocycles. The molecular formula is C15H20FNO2. The minimum absolute atomic E-state index is 0.154. The maximum Gasteiger partial charge on any atom is 0.303 e. The van der Waals surface area contributed by atoms with Gasteiger partial charge < -0.3 is 5.11 Å². The van der Waals surface area contributed by atoms with Crippen molar-refractivity contribution < 1.29 is 14.3 Å². The number of halogens is 1. The normalized spacial score (nSPS) is 19.8. The molecule has 1 N–H and O–H groups in total. The van der Waals surface area contributed by atoms with Crippen LogP contribution in [0.15, 0.2) is 18.2 Å². The van der Waals surface area contributed by atoms with Gasteiger partial charge in [0.05, 0.1) is 0 Å². The first kappa shape index (κ1) is 14.0. The Bertz CT molecular complexity index is 461. The van der Waals surface area contributed by atoms with Crippen LogP contribution in [0.25, 0.3) is 0 Å². The molecule has 2 rings (SSSR count). The number of likely N-dealkylation sites (tertiary alicyclic amines) is 1. The van der Waals surface area contributed by atoms with Crippen LogP contribution in [0.4, 0.5) is 4.39 Å². The monoisotopic (exact) mass is 265 g/mol. The van der Waals surface area contributed by atoms with Crippen LogP contribution in [0, 0.1) is 18.7 Å². The minimum atomic E-state index is -0.723. The maximum absolute atomic E-state index is 13.5. The Morgan fingerprint density at radius 3 is 3.00 bits per heavy atom. The Morgan fingerprint density at radius 1 is 1.53 bits per heavy atom. The summed E-state index contributed by atoms with van der Waals surface area (Å²) in [5.41, 5.74) is 1.66. The van der Waals surface area contributed by atoms with Crippen molar-refractivity contribution in [2.24, 2.45) is 5.92 Å². The molecule has 0 radical (unpaired) electrons. The van der Waals surface area contributed by atoms with Gasteiger partial charge in [0.2, 0.25) is 0 Å². The van der Waals surface area contributed by atoms with Gasteiger partial charge in [0.15, 0.2) is 0 Å². The number of carboxylic acid groups (broad SMARTS) is 1. The molecular weight excluding hydrogens is 245 g/mol. The molecule has 1 heterocycles. The van der Waals surface area contributed by atoms with Crippen molar-refractivity contribution in [1.82, 2.24) is 4.90 Å². The van der Waals surface area contributed by atoms with Gasteiger partial charge in [-0.15, -0.1) is 0 Å². The Morgan fingerprint density at radius 2 is 2.32 bits per heavy atom. The highest BCUT2D eigenvalue weighted by atomic mass is 19.1. The quantitative estimate of drug-likeness (QED) is 0.890. The van der Waals surface area contributed by atoms with E-state index in [1.54, 1.807) is 13.0 Å². The summed E-state index contributed by atoms with van der Waals surface area (Å²) >= 11 is 0. The molecule has 0 aliphatic carbocycles. The van der Waals surface area contributed by atoms with Gasteiger partial charge in [-0.3, -0.25) is 9.69 Å². The van der Waals surface area contributed by atoms with Crippen molar-refractivity contribution in [3.63, 3.8) is 0 Å². The predicted octanol–water partition coefficient (Wildman–Crippen LogP) is 2.82. The van der Waals surface area contributed by atoms with Crippen molar-refractivity contribution in [3.05, 3.63) is 35.1 Å². The number of hydrogen-bond donors (Lipinski definition) is 1. The van der Waals surface area contributed by atoms with Crippen LogP contribution in [-0.2, 0) is 11.3 Å². The summed E-state index contributed by atoms with van der Waals surface area (Å²) in [7, 11) is 0. The molecule has 4 heteroatoms. The van der Waals surface area contributed by atoms with Gasteiger partial charge in [0, 0.05) is 19.5 Å². The number of aryl methyl sites for hydroxylation is 1. The molecule has 1 unspecified atom stereocenters. The van der Waals surface area contributed by atoms with Crippen LogP contribution >= 0.6 is 0 Å². The third-order valence-electron chi connectivity index (χ3n) is 3.78. The van der Waals surface area contributed by atoms with Gasteiger partial charge in [-0.2, -0.15) is 0 Å². The lowest BCUT2D eigenvalue weighted by molar-refractivity contribution is -0.137. The van der Waals surface area contributed by atoms with E-state index in [-0.39, 0.29) is 12.2 Å². The van der Waals surface area contributed by atoms with E-state index in [9.17, 15) is 9.18 Å². The van der Waals surface area contributed by atoms with Gasteiger partial charge in [0.25, 0.3) is 0 Å². The topological polar surface area (TPSA) is 40.5 Å². The van der Waals surface area contributed by atoms with Crippen molar-refractivity contribution in [2.45, 2.75) is 32.7 Å². The lowest BCUT2D eigenvalue weighted by atomic mass is 10.0. The molecule has 104 valence electrons. The van der Waals surface area contributed by atoms with Crippen LogP contribution in [0.1, 0.15) is 30.4 Å².